The lowest BCUT2D eigenvalue weighted by molar-refractivity contribution is -0.116. The Morgan fingerprint density at radius 1 is 0.912 bits per heavy atom. The number of ether oxygens (including phenoxy) is 1. The van der Waals surface area contributed by atoms with Crippen LogP contribution in [0.5, 0.6) is 5.75 Å². The first-order chi connectivity index (χ1) is 16.5. The van der Waals surface area contributed by atoms with Gasteiger partial charge in [0.05, 0.1) is 11.4 Å². The fourth-order valence-corrected chi connectivity index (χ4v) is 3.79. The average Bonchev–Trinajstić information content (AvgIpc) is 2.84. The molecule has 0 aliphatic heterocycles. The van der Waals surface area contributed by atoms with Crippen molar-refractivity contribution in [2.75, 3.05) is 10.6 Å². The standard InChI is InChI=1S/C28H32F2N2O2/c1-3-8-20(4-2)11-16-28(33)32-27-17-22(12-14-24(27)29)31-26-15-13-23(18-25(26)30)34-19-21-9-6-5-7-10-21/h5-7,9-10,12-15,17-18,20,31H,3-4,8,11,16,19H2,1-2H3,(H,32,33). The van der Waals surface area contributed by atoms with Crippen molar-refractivity contribution in [3.63, 3.8) is 0 Å². The van der Waals surface area contributed by atoms with Crippen LogP contribution in [-0.4, -0.2) is 5.91 Å². The summed E-state index contributed by atoms with van der Waals surface area (Å²) in [6, 6.07) is 18.4. The van der Waals surface area contributed by atoms with Crippen LogP contribution in [0.1, 0.15) is 51.5 Å². The third-order valence-corrected chi connectivity index (χ3v) is 5.76. The zero-order chi connectivity index (χ0) is 24.3. The summed E-state index contributed by atoms with van der Waals surface area (Å²) in [5.74, 6) is -0.355. The Morgan fingerprint density at radius 3 is 2.41 bits per heavy atom. The third kappa shape index (κ3) is 7.58. The Hall–Kier alpha value is -3.41. The highest BCUT2D eigenvalue weighted by Crippen LogP contribution is 2.27. The van der Waals surface area contributed by atoms with Crippen LogP contribution < -0.4 is 15.4 Å². The van der Waals surface area contributed by atoms with Gasteiger partial charge in [-0.3, -0.25) is 4.79 Å². The summed E-state index contributed by atoms with van der Waals surface area (Å²) < 4.78 is 34.6. The molecule has 0 saturated heterocycles. The Morgan fingerprint density at radius 2 is 1.71 bits per heavy atom. The predicted molar refractivity (Wildman–Crippen MR) is 133 cm³/mol. The number of carbonyl (C=O) groups is 1. The highest BCUT2D eigenvalue weighted by atomic mass is 19.1. The number of hydrogen-bond acceptors (Lipinski definition) is 3. The first-order valence-corrected chi connectivity index (χ1v) is 11.8. The molecule has 2 N–H and O–H groups in total. The van der Waals surface area contributed by atoms with Crippen molar-refractivity contribution >= 4 is 23.0 Å². The molecule has 0 aliphatic rings. The van der Waals surface area contributed by atoms with Crippen LogP contribution in [0.2, 0.25) is 0 Å². The lowest BCUT2D eigenvalue weighted by Gasteiger charge is -2.14. The highest BCUT2D eigenvalue weighted by Gasteiger charge is 2.12. The molecule has 1 amide bonds. The van der Waals surface area contributed by atoms with Gasteiger partial charge in [0.2, 0.25) is 5.91 Å². The Bertz CT molecular complexity index is 1070. The van der Waals surface area contributed by atoms with E-state index in [0.29, 0.717) is 30.4 Å². The Balaban J connectivity index is 1.60. The van der Waals surface area contributed by atoms with Crippen molar-refractivity contribution in [3.05, 3.63) is 83.9 Å². The molecular weight excluding hydrogens is 434 g/mol. The quantitative estimate of drug-likeness (QED) is 0.286. The smallest absolute Gasteiger partial charge is 0.224 e. The molecule has 0 aromatic heterocycles. The molecule has 0 bridgehead atoms. The maximum absolute atomic E-state index is 14.6. The SMILES string of the molecule is CCCC(CC)CCC(=O)Nc1cc(Nc2ccc(OCc3ccccc3)cc2F)ccc1F. The van der Waals surface area contributed by atoms with Gasteiger partial charge in [-0.05, 0) is 48.2 Å². The van der Waals surface area contributed by atoms with Crippen molar-refractivity contribution in [2.24, 2.45) is 5.92 Å². The Labute approximate surface area is 200 Å². The van der Waals surface area contributed by atoms with Crippen LogP contribution in [0.4, 0.5) is 25.8 Å². The lowest BCUT2D eigenvalue weighted by Crippen LogP contribution is -2.14. The number of amides is 1. The zero-order valence-electron chi connectivity index (χ0n) is 19.7. The van der Waals surface area contributed by atoms with Gasteiger partial charge >= 0.3 is 0 Å². The molecular formula is C28H32F2N2O2. The minimum atomic E-state index is -0.537. The van der Waals surface area contributed by atoms with Gasteiger partial charge in [-0.2, -0.15) is 0 Å². The van der Waals surface area contributed by atoms with E-state index in [-0.39, 0.29) is 17.3 Å². The largest absolute Gasteiger partial charge is 0.489 e. The summed E-state index contributed by atoms with van der Waals surface area (Å²) in [5, 5.41) is 5.59. The molecule has 0 aliphatic carbocycles. The monoisotopic (exact) mass is 466 g/mol. The zero-order valence-corrected chi connectivity index (χ0v) is 19.7. The molecule has 3 aromatic carbocycles. The van der Waals surface area contributed by atoms with Crippen molar-refractivity contribution in [1.82, 2.24) is 0 Å². The van der Waals surface area contributed by atoms with E-state index in [1.165, 1.54) is 24.3 Å². The summed E-state index contributed by atoms with van der Waals surface area (Å²) in [5.41, 5.74) is 1.75. The van der Waals surface area contributed by atoms with Crippen LogP contribution in [0.3, 0.4) is 0 Å². The van der Waals surface area contributed by atoms with Crippen molar-refractivity contribution in [3.8, 4) is 5.75 Å². The third-order valence-electron chi connectivity index (χ3n) is 5.76. The van der Waals surface area contributed by atoms with Gasteiger partial charge in [0, 0.05) is 18.2 Å². The number of benzene rings is 3. The molecule has 0 spiro atoms. The minimum absolute atomic E-state index is 0.0711. The first kappa shape index (κ1) is 25.2. The van der Waals surface area contributed by atoms with Crippen LogP contribution in [-0.2, 0) is 11.4 Å². The number of carbonyl (C=O) groups excluding carboxylic acids is 1. The number of rotatable bonds is 12. The van der Waals surface area contributed by atoms with Crippen LogP contribution in [0, 0.1) is 17.6 Å². The van der Waals surface area contributed by atoms with Gasteiger partial charge in [-0.25, -0.2) is 8.78 Å². The van der Waals surface area contributed by atoms with Crippen LogP contribution in [0.15, 0.2) is 66.7 Å². The summed E-state index contributed by atoms with van der Waals surface area (Å²) in [4.78, 5) is 12.3. The number of anilines is 3. The van der Waals surface area contributed by atoms with Gasteiger partial charge < -0.3 is 15.4 Å². The highest BCUT2D eigenvalue weighted by molar-refractivity contribution is 5.91. The van der Waals surface area contributed by atoms with Gasteiger partial charge in [-0.1, -0.05) is 63.4 Å². The fraction of sp³-hybridized carbons (Fsp3) is 0.321. The van der Waals surface area contributed by atoms with Crippen LogP contribution in [0.25, 0.3) is 0 Å². The molecule has 1 unspecified atom stereocenters. The van der Waals surface area contributed by atoms with Gasteiger partial charge in [0.25, 0.3) is 0 Å². The predicted octanol–water partition coefficient (Wildman–Crippen LogP) is 7.83. The van der Waals surface area contributed by atoms with Crippen molar-refractivity contribution in [2.45, 2.75) is 52.6 Å². The summed E-state index contributed by atoms with van der Waals surface area (Å²) >= 11 is 0. The van der Waals surface area contributed by atoms with E-state index in [2.05, 4.69) is 24.5 Å². The number of hydrogen-bond donors (Lipinski definition) is 2. The maximum atomic E-state index is 14.6. The molecule has 0 heterocycles. The normalized spacial score (nSPS) is 11.6. The molecule has 0 fully saturated rings. The van der Waals surface area contributed by atoms with Gasteiger partial charge in [0.15, 0.2) is 0 Å². The van der Waals surface area contributed by atoms with E-state index in [0.717, 1.165) is 31.2 Å². The molecule has 3 rings (SSSR count). The van der Waals surface area contributed by atoms with Crippen molar-refractivity contribution < 1.29 is 18.3 Å². The van der Waals surface area contributed by atoms with Gasteiger partial charge in [-0.15, -0.1) is 0 Å². The van der Waals surface area contributed by atoms with Gasteiger partial charge in [0.1, 0.15) is 24.0 Å². The average molecular weight is 467 g/mol. The second kappa shape index (κ2) is 12.7. The molecule has 0 radical (unpaired) electrons. The second-order valence-corrected chi connectivity index (χ2v) is 8.39. The number of nitrogens with one attached hydrogen (secondary N) is 2. The molecule has 1 atom stereocenters. The summed E-state index contributed by atoms with van der Waals surface area (Å²) in [6.07, 6.45) is 4.31. The lowest BCUT2D eigenvalue weighted by atomic mass is 9.95. The molecule has 6 heteroatoms. The summed E-state index contributed by atoms with van der Waals surface area (Å²) in [7, 11) is 0. The van der Waals surface area contributed by atoms with E-state index in [1.54, 1.807) is 12.1 Å². The van der Waals surface area contributed by atoms with E-state index >= 15 is 0 Å². The second-order valence-electron chi connectivity index (χ2n) is 8.39. The van der Waals surface area contributed by atoms with E-state index in [4.69, 9.17) is 4.74 Å². The van der Waals surface area contributed by atoms with E-state index in [1.807, 2.05) is 30.3 Å². The molecule has 3 aromatic rings. The Kier molecular flexibility index (Phi) is 9.44. The van der Waals surface area contributed by atoms with Crippen LogP contribution >= 0.6 is 0 Å². The first-order valence-electron chi connectivity index (χ1n) is 11.8. The number of halogens is 2. The maximum Gasteiger partial charge on any atom is 0.224 e. The molecule has 4 nitrogen and oxygen atoms in total. The fourth-order valence-electron chi connectivity index (χ4n) is 3.79. The van der Waals surface area contributed by atoms with Crippen molar-refractivity contribution in [1.29, 1.82) is 0 Å². The summed E-state index contributed by atoms with van der Waals surface area (Å²) in [6.45, 7) is 4.59. The topological polar surface area (TPSA) is 50.4 Å². The molecule has 180 valence electrons. The van der Waals surface area contributed by atoms with E-state index < -0.39 is 11.6 Å². The minimum Gasteiger partial charge on any atom is -0.489 e. The molecule has 34 heavy (non-hydrogen) atoms. The van der Waals surface area contributed by atoms with E-state index in [9.17, 15) is 13.6 Å². The molecule has 0 saturated carbocycles.